The van der Waals surface area contributed by atoms with E-state index in [9.17, 15) is 4.79 Å². The molecule has 0 saturated carbocycles. The summed E-state index contributed by atoms with van der Waals surface area (Å²) < 4.78 is 0. The van der Waals surface area contributed by atoms with E-state index in [4.69, 9.17) is 0 Å². The molecule has 27 heavy (non-hydrogen) atoms. The second-order valence-corrected chi connectivity index (χ2v) is 7.17. The van der Waals surface area contributed by atoms with Crippen LogP contribution < -0.4 is 9.80 Å². The molecule has 7 nitrogen and oxygen atoms in total. The van der Waals surface area contributed by atoms with Crippen molar-refractivity contribution in [1.82, 2.24) is 19.9 Å². The molecule has 2 aliphatic rings. The number of hydrogen-bond acceptors (Lipinski definition) is 6. The molecule has 0 aromatic carbocycles. The Morgan fingerprint density at radius 3 is 2.33 bits per heavy atom. The molecule has 7 heteroatoms. The van der Waals surface area contributed by atoms with Gasteiger partial charge in [-0.3, -0.25) is 4.79 Å². The van der Waals surface area contributed by atoms with Crippen LogP contribution in [-0.2, 0) is 0 Å². The predicted molar refractivity (Wildman–Crippen MR) is 105 cm³/mol. The number of aromatic nitrogens is 3. The van der Waals surface area contributed by atoms with E-state index >= 15 is 0 Å². The number of piperazine rings is 1. The van der Waals surface area contributed by atoms with E-state index < -0.39 is 0 Å². The second-order valence-electron chi connectivity index (χ2n) is 7.17. The van der Waals surface area contributed by atoms with Crippen molar-refractivity contribution in [2.75, 3.05) is 49.1 Å². The third-order valence-corrected chi connectivity index (χ3v) is 5.26. The molecule has 0 atom stereocenters. The van der Waals surface area contributed by atoms with Gasteiger partial charge in [-0.05, 0) is 38.3 Å². The number of nitrogens with zero attached hydrogens (tertiary/aromatic N) is 6. The van der Waals surface area contributed by atoms with E-state index in [1.165, 1.54) is 19.3 Å². The number of pyridine rings is 1. The highest BCUT2D eigenvalue weighted by Gasteiger charge is 2.25. The lowest BCUT2D eigenvalue weighted by atomic mass is 10.1. The zero-order valence-corrected chi connectivity index (χ0v) is 15.8. The van der Waals surface area contributed by atoms with Crippen LogP contribution in [0, 0.1) is 6.92 Å². The first-order valence-electron chi connectivity index (χ1n) is 9.76. The van der Waals surface area contributed by atoms with Crippen LogP contribution in [-0.4, -0.2) is 65.0 Å². The quantitative estimate of drug-likeness (QED) is 0.829. The third-order valence-electron chi connectivity index (χ3n) is 5.26. The molecule has 142 valence electrons. The first-order valence-corrected chi connectivity index (χ1v) is 9.76. The third kappa shape index (κ3) is 4.02. The van der Waals surface area contributed by atoms with Crippen molar-refractivity contribution in [1.29, 1.82) is 0 Å². The molecule has 0 radical (unpaired) electrons. The fraction of sp³-hybridized carbons (Fsp3) is 0.500. The second kappa shape index (κ2) is 7.90. The molecule has 4 rings (SSSR count). The van der Waals surface area contributed by atoms with E-state index in [2.05, 4.69) is 24.8 Å². The lowest BCUT2D eigenvalue weighted by molar-refractivity contribution is 0.0740. The number of anilines is 2. The summed E-state index contributed by atoms with van der Waals surface area (Å²) in [4.78, 5) is 32.8. The average molecular weight is 366 g/mol. The summed E-state index contributed by atoms with van der Waals surface area (Å²) in [7, 11) is 0. The molecule has 0 unspecified atom stereocenters. The van der Waals surface area contributed by atoms with Gasteiger partial charge in [-0.1, -0.05) is 6.07 Å². The SMILES string of the molecule is Cc1nc(C(=O)N2CCN(c3ccccn3)CC2)cc(N2CCCCC2)n1. The lowest BCUT2D eigenvalue weighted by Crippen LogP contribution is -2.49. The molecule has 2 fully saturated rings. The molecule has 0 bridgehead atoms. The van der Waals surface area contributed by atoms with Gasteiger partial charge in [0.15, 0.2) is 0 Å². The summed E-state index contributed by atoms with van der Waals surface area (Å²) in [5, 5.41) is 0. The summed E-state index contributed by atoms with van der Waals surface area (Å²) in [5.41, 5.74) is 0.509. The zero-order valence-electron chi connectivity index (χ0n) is 15.8. The monoisotopic (exact) mass is 366 g/mol. The van der Waals surface area contributed by atoms with Gasteiger partial charge >= 0.3 is 0 Å². The molecule has 0 N–H and O–H groups in total. The molecule has 2 aromatic rings. The Balaban J connectivity index is 1.44. The number of aryl methyl sites for hydroxylation is 1. The van der Waals surface area contributed by atoms with Crippen molar-refractivity contribution < 1.29 is 4.79 Å². The predicted octanol–water partition coefficient (Wildman–Crippen LogP) is 2.13. The standard InChI is InChI=1S/C20H26N6O/c1-16-22-17(15-19(23-16)24-9-5-2-6-10-24)20(27)26-13-11-25(12-14-26)18-7-3-4-8-21-18/h3-4,7-8,15H,2,5-6,9-14H2,1H3. The van der Waals surface area contributed by atoms with Gasteiger partial charge in [0.1, 0.15) is 23.2 Å². The summed E-state index contributed by atoms with van der Waals surface area (Å²) in [6, 6.07) is 7.79. The largest absolute Gasteiger partial charge is 0.356 e. The number of amides is 1. The number of carbonyl (C=O) groups is 1. The molecule has 2 saturated heterocycles. The summed E-state index contributed by atoms with van der Waals surface area (Å²) in [6.07, 6.45) is 5.44. The minimum Gasteiger partial charge on any atom is -0.356 e. The van der Waals surface area contributed by atoms with Crippen molar-refractivity contribution in [3.05, 3.63) is 42.0 Å². The van der Waals surface area contributed by atoms with Crippen molar-refractivity contribution in [2.24, 2.45) is 0 Å². The van der Waals surface area contributed by atoms with Crippen LogP contribution in [0.15, 0.2) is 30.5 Å². The van der Waals surface area contributed by atoms with Gasteiger partial charge in [0.25, 0.3) is 5.91 Å². The topological polar surface area (TPSA) is 65.5 Å². The van der Waals surface area contributed by atoms with Crippen LogP contribution in [0.25, 0.3) is 0 Å². The van der Waals surface area contributed by atoms with Crippen LogP contribution in [0.4, 0.5) is 11.6 Å². The van der Waals surface area contributed by atoms with Gasteiger partial charge in [0, 0.05) is 51.5 Å². The summed E-state index contributed by atoms with van der Waals surface area (Å²) in [5.74, 6) is 2.51. The minimum absolute atomic E-state index is 0.000527. The number of carbonyl (C=O) groups excluding carboxylic acids is 1. The van der Waals surface area contributed by atoms with Crippen LogP contribution in [0.3, 0.4) is 0 Å². The highest BCUT2D eigenvalue weighted by molar-refractivity contribution is 5.93. The van der Waals surface area contributed by atoms with Crippen LogP contribution >= 0.6 is 0 Å². The molecular weight excluding hydrogens is 340 g/mol. The van der Waals surface area contributed by atoms with E-state index in [0.29, 0.717) is 24.6 Å². The van der Waals surface area contributed by atoms with E-state index in [-0.39, 0.29) is 5.91 Å². The lowest BCUT2D eigenvalue weighted by Gasteiger charge is -2.35. The summed E-state index contributed by atoms with van der Waals surface area (Å²) >= 11 is 0. The minimum atomic E-state index is -0.000527. The van der Waals surface area contributed by atoms with E-state index in [1.807, 2.05) is 36.1 Å². The maximum absolute atomic E-state index is 13.0. The maximum Gasteiger partial charge on any atom is 0.272 e. The number of hydrogen-bond donors (Lipinski definition) is 0. The van der Waals surface area contributed by atoms with Crippen LogP contribution in [0.5, 0.6) is 0 Å². The van der Waals surface area contributed by atoms with E-state index in [0.717, 1.165) is 37.8 Å². The smallest absolute Gasteiger partial charge is 0.272 e. The van der Waals surface area contributed by atoms with Crippen LogP contribution in [0.2, 0.25) is 0 Å². The van der Waals surface area contributed by atoms with Gasteiger partial charge in [-0.2, -0.15) is 0 Å². The summed E-state index contributed by atoms with van der Waals surface area (Å²) in [6.45, 7) is 6.80. The fourth-order valence-corrected chi connectivity index (χ4v) is 3.79. The highest BCUT2D eigenvalue weighted by atomic mass is 16.2. The Bertz CT molecular complexity index is 782. The van der Waals surface area contributed by atoms with Crippen molar-refractivity contribution >= 4 is 17.5 Å². The molecular formula is C20H26N6O. The van der Waals surface area contributed by atoms with Gasteiger partial charge in [0.2, 0.25) is 0 Å². The van der Waals surface area contributed by atoms with E-state index in [1.54, 1.807) is 6.20 Å². The molecule has 0 aliphatic carbocycles. The highest BCUT2D eigenvalue weighted by Crippen LogP contribution is 2.20. The molecule has 4 heterocycles. The Labute approximate surface area is 160 Å². The zero-order chi connectivity index (χ0) is 18.6. The number of piperidine rings is 1. The van der Waals surface area contributed by atoms with Gasteiger partial charge in [-0.15, -0.1) is 0 Å². The average Bonchev–Trinajstić information content (AvgIpc) is 2.74. The fourth-order valence-electron chi connectivity index (χ4n) is 3.79. The van der Waals surface area contributed by atoms with Gasteiger partial charge in [-0.25, -0.2) is 15.0 Å². The maximum atomic E-state index is 13.0. The molecule has 2 aromatic heterocycles. The Morgan fingerprint density at radius 1 is 0.889 bits per heavy atom. The Hall–Kier alpha value is -2.70. The normalized spacial score (nSPS) is 17.9. The van der Waals surface area contributed by atoms with Crippen LogP contribution in [0.1, 0.15) is 35.6 Å². The van der Waals surface area contributed by atoms with Gasteiger partial charge in [0.05, 0.1) is 0 Å². The molecule has 0 spiro atoms. The van der Waals surface area contributed by atoms with Crippen molar-refractivity contribution in [3.8, 4) is 0 Å². The molecule has 2 aliphatic heterocycles. The Morgan fingerprint density at radius 2 is 1.63 bits per heavy atom. The first-order chi connectivity index (χ1) is 13.2. The van der Waals surface area contributed by atoms with Crippen molar-refractivity contribution in [3.63, 3.8) is 0 Å². The number of rotatable bonds is 3. The molecule has 1 amide bonds. The first kappa shape index (κ1) is 17.7. The van der Waals surface area contributed by atoms with Crippen molar-refractivity contribution in [2.45, 2.75) is 26.2 Å². The van der Waals surface area contributed by atoms with Gasteiger partial charge < -0.3 is 14.7 Å². The Kier molecular flexibility index (Phi) is 5.18.